The molecule has 0 radical (unpaired) electrons. The van der Waals surface area contributed by atoms with Gasteiger partial charge in [0.2, 0.25) is 0 Å². The summed E-state index contributed by atoms with van der Waals surface area (Å²) in [6, 6.07) is 13.4. The third-order valence-corrected chi connectivity index (χ3v) is 4.06. The van der Waals surface area contributed by atoms with Gasteiger partial charge in [-0.15, -0.1) is 0 Å². The Hall–Kier alpha value is -1.87. The minimum absolute atomic E-state index is 0.0974. The number of nitrogens with one attached hydrogen (secondary N) is 1. The molecule has 2 aromatic rings. The minimum Gasteiger partial charge on any atom is -0.493 e. The number of benzene rings is 2. The third kappa shape index (κ3) is 3.08. The van der Waals surface area contributed by atoms with Crippen molar-refractivity contribution in [2.24, 2.45) is 0 Å². The first kappa shape index (κ1) is 14.1. The van der Waals surface area contributed by atoms with Crippen LogP contribution in [-0.4, -0.2) is 6.61 Å². The number of hydrogen-bond donors (Lipinski definition) is 1. The fourth-order valence-corrected chi connectivity index (χ4v) is 2.82. The molecule has 0 saturated heterocycles. The summed E-state index contributed by atoms with van der Waals surface area (Å²) in [7, 11) is 0. The highest BCUT2D eigenvalue weighted by Crippen LogP contribution is 2.29. The zero-order valence-electron chi connectivity index (χ0n) is 12.4. The summed E-state index contributed by atoms with van der Waals surface area (Å²) in [5, 5.41) is 3.52. The van der Waals surface area contributed by atoms with Crippen molar-refractivity contribution in [2.75, 3.05) is 6.61 Å². The highest BCUT2D eigenvalue weighted by Gasteiger charge is 2.16. The number of halogens is 1. The molecule has 2 nitrogen and oxygen atoms in total. The SMILES string of the molecule is CC(N[C@@H](C)c1cccc(F)c1)c1ccc2c(c1)CCO2. The van der Waals surface area contributed by atoms with Crippen molar-refractivity contribution in [2.45, 2.75) is 32.4 Å². The van der Waals surface area contributed by atoms with Crippen LogP contribution in [0.2, 0.25) is 0 Å². The van der Waals surface area contributed by atoms with Crippen molar-refractivity contribution in [3.8, 4) is 5.75 Å². The van der Waals surface area contributed by atoms with Gasteiger partial charge in [-0.2, -0.15) is 0 Å². The van der Waals surface area contributed by atoms with E-state index in [2.05, 4.69) is 31.3 Å². The van der Waals surface area contributed by atoms with Crippen molar-refractivity contribution < 1.29 is 9.13 Å². The average Bonchev–Trinajstić information content (AvgIpc) is 2.94. The van der Waals surface area contributed by atoms with Crippen LogP contribution in [0.1, 0.15) is 42.6 Å². The van der Waals surface area contributed by atoms with E-state index in [9.17, 15) is 4.39 Å². The Morgan fingerprint density at radius 1 is 1.05 bits per heavy atom. The predicted molar refractivity (Wildman–Crippen MR) is 82.0 cm³/mol. The fraction of sp³-hybridized carbons (Fsp3) is 0.333. The Kier molecular flexibility index (Phi) is 3.93. The van der Waals surface area contributed by atoms with Crippen LogP contribution in [0, 0.1) is 5.82 Å². The van der Waals surface area contributed by atoms with Gasteiger partial charge < -0.3 is 10.1 Å². The zero-order valence-corrected chi connectivity index (χ0v) is 12.4. The number of hydrogen-bond acceptors (Lipinski definition) is 2. The Labute approximate surface area is 125 Å². The second-order valence-corrected chi connectivity index (χ2v) is 5.63. The van der Waals surface area contributed by atoms with Crippen LogP contribution in [0.3, 0.4) is 0 Å². The molecule has 1 aliphatic rings. The van der Waals surface area contributed by atoms with Crippen LogP contribution in [-0.2, 0) is 6.42 Å². The molecule has 0 fully saturated rings. The molecule has 1 heterocycles. The largest absolute Gasteiger partial charge is 0.493 e. The molecule has 1 unspecified atom stereocenters. The van der Waals surface area contributed by atoms with Gasteiger partial charge in [0.15, 0.2) is 0 Å². The maximum Gasteiger partial charge on any atom is 0.123 e. The van der Waals surface area contributed by atoms with Gasteiger partial charge >= 0.3 is 0 Å². The Morgan fingerprint density at radius 3 is 2.57 bits per heavy atom. The summed E-state index contributed by atoms with van der Waals surface area (Å²) in [6.45, 7) is 4.97. The number of rotatable bonds is 4. The second-order valence-electron chi connectivity index (χ2n) is 5.63. The zero-order chi connectivity index (χ0) is 14.8. The summed E-state index contributed by atoms with van der Waals surface area (Å²) in [4.78, 5) is 0. The van der Waals surface area contributed by atoms with E-state index in [1.807, 2.05) is 12.1 Å². The molecule has 0 aromatic heterocycles. The lowest BCUT2D eigenvalue weighted by molar-refractivity contribution is 0.356. The van der Waals surface area contributed by atoms with Crippen molar-refractivity contribution in [1.82, 2.24) is 5.32 Å². The lowest BCUT2D eigenvalue weighted by atomic mass is 10.0. The van der Waals surface area contributed by atoms with Crippen LogP contribution in [0.15, 0.2) is 42.5 Å². The van der Waals surface area contributed by atoms with Crippen LogP contribution in [0.4, 0.5) is 4.39 Å². The lowest BCUT2D eigenvalue weighted by Gasteiger charge is -2.21. The predicted octanol–water partition coefficient (Wildman–Crippen LogP) is 4.17. The Bertz CT molecular complexity index is 641. The molecule has 0 spiro atoms. The molecule has 2 aromatic carbocycles. The summed E-state index contributed by atoms with van der Waals surface area (Å²) in [5.41, 5.74) is 3.48. The van der Waals surface area contributed by atoms with Gasteiger partial charge in [-0.05, 0) is 48.7 Å². The molecule has 3 rings (SSSR count). The van der Waals surface area contributed by atoms with Crippen molar-refractivity contribution in [3.05, 3.63) is 65.0 Å². The first-order valence-corrected chi connectivity index (χ1v) is 7.40. The molecule has 0 aliphatic carbocycles. The van der Waals surface area contributed by atoms with Gasteiger partial charge in [-0.3, -0.25) is 0 Å². The van der Waals surface area contributed by atoms with Gasteiger partial charge in [-0.1, -0.05) is 24.3 Å². The molecule has 0 amide bonds. The third-order valence-electron chi connectivity index (χ3n) is 4.06. The Morgan fingerprint density at radius 2 is 1.81 bits per heavy atom. The molecule has 0 saturated carbocycles. The van der Waals surface area contributed by atoms with Crippen LogP contribution < -0.4 is 10.1 Å². The molecule has 110 valence electrons. The standard InChI is InChI=1S/C18H20FNO/c1-12(14-4-3-5-17(19)11-14)20-13(2)15-6-7-18-16(10-15)8-9-21-18/h3-7,10-13,20H,8-9H2,1-2H3/t12-,13?/m0/s1. The number of fused-ring (bicyclic) bond motifs is 1. The minimum atomic E-state index is -0.191. The first-order chi connectivity index (χ1) is 10.1. The highest BCUT2D eigenvalue weighted by atomic mass is 19.1. The molecule has 0 bridgehead atoms. The van der Waals surface area contributed by atoms with E-state index in [1.165, 1.54) is 17.2 Å². The molecule has 2 atom stereocenters. The maximum absolute atomic E-state index is 13.3. The van der Waals surface area contributed by atoms with Crippen molar-refractivity contribution >= 4 is 0 Å². The maximum atomic E-state index is 13.3. The summed E-state index contributed by atoms with van der Waals surface area (Å²) >= 11 is 0. The monoisotopic (exact) mass is 285 g/mol. The van der Waals surface area contributed by atoms with Gasteiger partial charge in [0, 0.05) is 18.5 Å². The number of ether oxygens (including phenoxy) is 1. The van der Waals surface area contributed by atoms with Gasteiger partial charge in [0.05, 0.1) is 6.61 Å². The van der Waals surface area contributed by atoms with E-state index in [1.54, 1.807) is 12.1 Å². The quantitative estimate of drug-likeness (QED) is 0.910. The Balaban J connectivity index is 1.72. The van der Waals surface area contributed by atoms with E-state index < -0.39 is 0 Å². The van der Waals surface area contributed by atoms with Crippen molar-refractivity contribution in [1.29, 1.82) is 0 Å². The van der Waals surface area contributed by atoms with Crippen LogP contribution in [0.5, 0.6) is 5.75 Å². The second kappa shape index (κ2) is 5.86. The lowest BCUT2D eigenvalue weighted by Crippen LogP contribution is -2.22. The molecule has 1 N–H and O–H groups in total. The van der Waals surface area contributed by atoms with Gasteiger partial charge in [0.1, 0.15) is 11.6 Å². The average molecular weight is 285 g/mol. The van der Waals surface area contributed by atoms with E-state index in [4.69, 9.17) is 4.74 Å². The molecular formula is C18H20FNO. The van der Waals surface area contributed by atoms with Crippen LogP contribution >= 0.6 is 0 Å². The van der Waals surface area contributed by atoms with E-state index in [0.717, 1.165) is 24.3 Å². The summed E-state index contributed by atoms with van der Waals surface area (Å²) in [6.07, 6.45) is 0.981. The normalized spacial score (nSPS) is 16.1. The molecular weight excluding hydrogens is 265 g/mol. The fourth-order valence-electron chi connectivity index (χ4n) is 2.82. The molecule has 1 aliphatic heterocycles. The first-order valence-electron chi connectivity index (χ1n) is 7.40. The topological polar surface area (TPSA) is 21.3 Å². The molecule has 21 heavy (non-hydrogen) atoms. The summed E-state index contributed by atoms with van der Waals surface area (Å²) < 4.78 is 18.8. The smallest absolute Gasteiger partial charge is 0.123 e. The van der Waals surface area contributed by atoms with E-state index in [0.29, 0.717) is 0 Å². The van der Waals surface area contributed by atoms with Gasteiger partial charge in [0.25, 0.3) is 0 Å². The van der Waals surface area contributed by atoms with Gasteiger partial charge in [-0.25, -0.2) is 4.39 Å². The van der Waals surface area contributed by atoms with E-state index in [-0.39, 0.29) is 17.9 Å². The van der Waals surface area contributed by atoms with Crippen molar-refractivity contribution in [3.63, 3.8) is 0 Å². The summed E-state index contributed by atoms with van der Waals surface area (Å²) in [5.74, 6) is 0.813. The highest BCUT2D eigenvalue weighted by molar-refractivity contribution is 5.40. The van der Waals surface area contributed by atoms with E-state index >= 15 is 0 Å². The molecule has 3 heteroatoms. The van der Waals surface area contributed by atoms with Crippen LogP contribution in [0.25, 0.3) is 0 Å².